The van der Waals surface area contributed by atoms with Gasteiger partial charge in [-0.15, -0.1) is 0 Å². The number of hydrogen-bond donors (Lipinski definition) is 3. The van der Waals surface area contributed by atoms with Crippen molar-refractivity contribution in [1.82, 2.24) is 15.1 Å². The quantitative estimate of drug-likeness (QED) is 0.0302. The summed E-state index contributed by atoms with van der Waals surface area (Å²) in [6.07, 6.45) is 1.87. The van der Waals surface area contributed by atoms with E-state index in [-0.39, 0.29) is 13.2 Å². The van der Waals surface area contributed by atoms with Crippen LogP contribution < -0.4 is 10.2 Å². The van der Waals surface area contributed by atoms with Crippen LogP contribution in [0.5, 0.6) is 0 Å². The van der Waals surface area contributed by atoms with Gasteiger partial charge in [-0.3, -0.25) is 28.6 Å². The normalized spacial score (nSPS) is 24.4. The standard InChI is InChI=1S/C28H46FN6O10P/c1-5-7-9-11-15-42-26(39)19(3)31-46(41,32-20(4)27(40)43-16-12-10-8-6-2)44-18-28(33-34-30)24(38)23(29)25(45-28)35-14-13-21(36)17-22(35)37/h13-14,19-20,23-25,38H,5-12,15-18H2,1-4H3,(H2,31,32,41)/t19-,20-,23+,24-,25+,28+/m0/s1. The van der Waals surface area contributed by atoms with Crippen LogP contribution in [-0.4, -0.2) is 89.8 Å². The number of esters is 2. The predicted octanol–water partition coefficient (Wildman–Crippen LogP) is 3.69. The number of allylic oxidation sites excluding steroid dienone is 1. The Morgan fingerprint density at radius 1 is 1.11 bits per heavy atom. The number of ether oxygens (including phenoxy) is 3. The first-order valence-electron chi connectivity index (χ1n) is 15.5. The Morgan fingerprint density at radius 2 is 1.65 bits per heavy atom. The third-order valence-corrected chi connectivity index (χ3v) is 9.20. The molecule has 2 aliphatic rings. The maximum atomic E-state index is 15.3. The molecule has 46 heavy (non-hydrogen) atoms. The second kappa shape index (κ2) is 19.0. The number of rotatable bonds is 21. The fourth-order valence-corrected chi connectivity index (χ4v) is 6.42. The van der Waals surface area contributed by atoms with Crippen molar-refractivity contribution in [2.45, 2.75) is 122 Å². The van der Waals surface area contributed by atoms with Crippen molar-refractivity contribution < 1.29 is 52.0 Å². The highest BCUT2D eigenvalue weighted by molar-refractivity contribution is 7.54. The number of azide groups is 1. The first-order chi connectivity index (χ1) is 21.8. The third kappa shape index (κ3) is 11.4. The summed E-state index contributed by atoms with van der Waals surface area (Å²) in [6, 6.07) is -2.50. The zero-order chi connectivity index (χ0) is 34.3. The van der Waals surface area contributed by atoms with Crippen molar-refractivity contribution >= 4 is 31.3 Å². The number of ketones is 1. The summed E-state index contributed by atoms with van der Waals surface area (Å²) in [4.78, 5) is 52.6. The molecule has 0 bridgehead atoms. The van der Waals surface area contributed by atoms with Crippen LogP contribution >= 0.6 is 7.67 Å². The molecule has 1 amide bonds. The highest BCUT2D eigenvalue weighted by Gasteiger charge is 2.58. The first kappa shape index (κ1) is 39.3. The maximum Gasteiger partial charge on any atom is 0.342 e. The molecule has 0 saturated carbocycles. The lowest BCUT2D eigenvalue weighted by Gasteiger charge is -2.32. The molecule has 2 heterocycles. The van der Waals surface area contributed by atoms with Gasteiger partial charge in [-0.1, -0.05) is 57.5 Å². The molecule has 3 N–H and O–H groups in total. The molecule has 1 fully saturated rings. The highest BCUT2D eigenvalue weighted by Crippen LogP contribution is 2.44. The first-order valence-corrected chi connectivity index (χ1v) is 17.2. The lowest BCUT2D eigenvalue weighted by Crippen LogP contribution is -2.47. The van der Waals surface area contributed by atoms with Crippen molar-refractivity contribution in [3.05, 3.63) is 22.7 Å². The molecule has 0 spiro atoms. The van der Waals surface area contributed by atoms with Crippen molar-refractivity contribution in [2.24, 2.45) is 5.11 Å². The predicted molar refractivity (Wildman–Crippen MR) is 162 cm³/mol. The molecule has 0 aromatic rings. The van der Waals surface area contributed by atoms with E-state index in [1.165, 1.54) is 13.8 Å². The number of nitrogens with zero attached hydrogens (tertiary/aromatic N) is 4. The summed E-state index contributed by atoms with van der Waals surface area (Å²) in [5, 5.41) is 19.1. The molecule has 0 radical (unpaired) electrons. The third-order valence-electron chi connectivity index (χ3n) is 7.26. The average Bonchev–Trinajstić information content (AvgIpc) is 3.25. The van der Waals surface area contributed by atoms with E-state index in [0.29, 0.717) is 12.8 Å². The smallest absolute Gasteiger partial charge is 0.342 e. The van der Waals surface area contributed by atoms with Crippen molar-refractivity contribution in [1.29, 1.82) is 0 Å². The summed E-state index contributed by atoms with van der Waals surface area (Å²) in [5.41, 5.74) is 6.69. The molecule has 0 aromatic carbocycles. The van der Waals surface area contributed by atoms with Crippen molar-refractivity contribution in [3.63, 3.8) is 0 Å². The Hall–Kier alpha value is -2.91. The molecule has 0 aliphatic carbocycles. The molecule has 2 rings (SSSR count). The SMILES string of the molecule is CCCCCCOC(=O)[C@H](C)NP(=O)(N[C@@H](C)C(=O)OCCCCCC)OC[C@@]1(N=[N+]=[N-])O[C@@H](N2C=CC(=O)CC2=O)[C@H](F)[C@@H]1O. The molecule has 0 aromatic heterocycles. The van der Waals surface area contributed by atoms with Gasteiger partial charge in [0.1, 0.15) is 18.2 Å². The maximum absolute atomic E-state index is 15.3. The number of carbonyl (C=O) groups excluding carboxylic acids is 4. The number of amides is 1. The van der Waals surface area contributed by atoms with Crippen LogP contribution in [0.2, 0.25) is 0 Å². The van der Waals surface area contributed by atoms with Crippen LogP contribution in [-0.2, 0) is 42.5 Å². The van der Waals surface area contributed by atoms with E-state index in [9.17, 15) is 34.4 Å². The molecule has 0 unspecified atom stereocenters. The number of carbonyl (C=O) groups is 4. The second-order valence-corrected chi connectivity index (χ2v) is 13.1. The van der Waals surface area contributed by atoms with Crippen molar-refractivity contribution in [3.8, 4) is 0 Å². The monoisotopic (exact) mass is 676 g/mol. The molecular weight excluding hydrogens is 630 g/mol. The lowest BCUT2D eigenvalue weighted by molar-refractivity contribution is -0.157. The van der Waals surface area contributed by atoms with Crippen LogP contribution in [0.1, 0.15) is 85.5 Å². The zero-order valence-electron chi connectivity index (χ0n) is 26.8. The minimum atomic E-state index is -4.51. The Balaban J connectivity index is 2.24. The van der Waals surface area contributed by atoms with Gasteiger partial charge in [0.2, 0.25) is 11.6 Å². The number of hydrogen-bond acceptors (Lipinski definition) is 11. The van der Waals surface area contributed by atoms with Gasteiger partial charge < -0.3 is 23.8 Å². The molecule has 6 atom stereocenters. The van der Waals surface area contributed by atoms with E-state index >= 15 is 4.39 Å². The fourth-order valence-electron chi connectivity index (χ4n) is 4.60. The Kier molecular flexibility index (Phi) is 16.3. The van der Waals surface area contributed by atoms with Gasteiger partial charge in [0.15, 0.2) is 18.2 Å². The van der Waals surface area contributed by atoms with E-state index in [2.05, 4.69) is 20.2 Å². The average molecular weight is 677 g/mol. The molecule has 260 valence electrons. The van der Waals surface area contributed by atoms with Crippen LogP contribution in [0.4, 0.5) is 4.39 Å². The summed E-state index contributed by atoms with van der Waals surface area (Å²) < 4.78 is 51.0. The van der Waals surface area contributed by atoms with Gasteiger partial charge in [0, 0.05) is 11.1 Å². The van der Waals surface area contributed by atoms with Gasteiger partial charge >= 0.3 is 19.6 Å². The summed E-state index contributed by atoms with van der Waals surface area (Å²) in [6.45, 7) is 5.94. The summed E-state index contributed by atoms with van der Waals surface area (Å²) in [7, 11) is -4.51. The Labute approximate surface area is 267 Å². The van der Waals surface area contributed by atoms with E-state index < -0.39 is 80.6 Å². The number of nitrogens with one attached hydrogen (secondary N) is 2. The number of unbranched alkanes of at least 4 members (excludes halogenated alkanes) is 6. The summed E-state index contributed by atoms with van der Waals surface area (Å²) >= 11 is 0. The van der Waals surface area contributed by atoms with Gasteiger partial charge in [0.25, 0.3) is 0 Å². The molecule has 18 heteroatoms. The fraction of sp³-hybridized carbons (Fsp3) is 0.786. The van der Waals surface area contributed by atoms with Gasteiger partial charge in [-0.05, 0) is 38.3 Å². The minimum Gasteiger partial charge on any atom is -0.465 e. The summed E-state index contributed by atoms with van der Waals surface area (Å²) in [5.74, 6) is -2.91. The topological polar surface area (TPSA) is 219 Å². The van der Waals surface area contributed by atoms with E-state index in [1.807, 2.05) is 13.8 Å². The molecule has 1 saturated heterocycles. The molecule has 2 aliphatic heterocycles. The second-order valence-electron chi connectivity index (χ2n) is 11.2. The van der Waals surface area contributed by atoms with Crippen LogP contribution in [0.3, 0.4) is 0 Å². The van der Waals surface area contributed by atoms with Crippen molar-refractivity contribution in [2.75, 3.05) is 19.8 Å². The van der Waals surface area contributed by atoms with Crippen LogP contribution in [0.15, 0.2) is 17.4 Å². The lowest BCUT2D eigenvalue weighted by atomic mass is 10.1. The van der Waals surface area contributed by atoms with E-state index in [1.54, 1.807) is 0 Å². The molecular formula is C28H46FN6O10P. The Morgan fingerprint density at radius 3 is 2.13 bits per heavy atom. The number of aliphatic hydroxyl groups excluding tert-OH is 1. The minimum absolute atomic E-state index is 0.124. The largest absolute Gasteiger partial charge is 0.465 e. The van der Waals surface area contributed by atoms with Gasteiger partial charge in [-0.25, -0.2) is 14.6 Å². The van der Waals surface area contributed by atoms with Gasteiger partial charge in [0.05, 0.1) is 26.2 Å². The highest BCUT2D eigenvalue weighted by atomic mass is 31.2. The van der Waals surface area contributed by atoms with Crippen LogP contribution in [0, 0.1) is 0 Å². The number of alkyl halides is 1. The number of halogens is 1. The van der Waals surface area contributed by atoms with Gasteiger partial charge in [-0.2, -0.15) is 0 Å². The zero-order valence-corrected chi connectivity index (χ0v) is 27.7. The van der Waals surface area contributed by atoms with E-state index in [4.69, 9.17) is 18.7 Å². The van der Waals surface area contributed by atoms with E-state index in [0.717, 1.165) is 55.7 Å². The van der Waals surface area contributed by atoms with Crippen LogP contribution in [0.25, 0.3) is 10.4 Å². The Bertz CT molecular complexity index is 1150. The molecule has 16 nitrogen and oxygen atoms in total. The number of aliphatic hydroxyl groups is 1.